The van der Waals surface area contributed by atoms with Gasteiger partial charge in [0.2, 0.25) is 15.9 Å². The van der Waals surface area contributed by atoms with Crippen molar-refractivity contribution in [3.63, 3.8) is 0 Å². The summed E-state index contributed by atoms with van der Waals surface area (Å²) in [5.74, 6) is 0.844. The molecule has 2 rings (SSSR count). The van der Waals surface area contributed by atoms with Gasteiger partial charge in [-0.05, 0) is 35.9 Å². The number of hydrogen-bond donors (Lipinski definition) is 2. The van der Waals surface area contributed by atoms with Crippen molar-refractivity contribution in [3.8, 4) is 17.2 Å². The van der Waals surface area contributed by atoms with Gasteiger partial charge in [-0.15, -0.1) is 0 Å². The summed E-state index contributed by atoms with van der Waals surface area (Å²) in [6, 6.07) is 9.34. The van der Waals surface area contributed by atoms with Gasteiger partial charge < -0.3 is 19.5 Å². The largest absolute Gasteiger partial charge is 0.495 e. The topological polar surface area (TPSA) is 117 Å². The summed E-state index contributed by atoms with van der Waals surface area (Å²) in [4.78, 5) is 12.1. The number of carbonyl (C=O) groups excluding carboxylic acids is 1. The zero-order valence-corrected chi connectivity index (χ0v) is 15.4. The Hall–Kier alpha value is -2.78. The second-order valence-electron chi connectivity index (χ2n) is 5.32. The van der Waals surface area contributed by atoms with E-state index in [1.165, 1.54) is 39.5 Å². The van der Waals surface area contributed by atoms with E-state index in [2.05, 4.69) is 5.32 Å². The van der Waals surface area contributed by atoms with E-state index in [0.29, 0.717) is 22.7 Å². The van der Waals surface area contributed by atoms with Gasteiger partial charge in [0.05, 0.1) is 27.8 Å². The summed E-state index contributed by atoms with van der Waals surface area (Å²) in [5.41, 5.74) is 1.00. The van der Waals surface area contributed by atoms with Crippen LogP contribution < -0.4 is 24.7 Å². The van der Waals surface area contributed by atoms with Crippen molar-refractivity contribution in [3.05, 3.63) is 42.0 Å². The summed E-state index contributed by atoms with van der Waals surface area (Å²) in [7, 11) is 0.379. The molecule has 2 aromatic carbocycles. The first kappa shape index (κ1) is 19.5. The SMILES string of the molecule is COc1ccc(CC(=O)Nc2ccc(OC)c(S(N)(=O)=O)c2)cc1OC. The van der Waals surface area contributed by atoms with E-state index in [9.17, 15) is 13.2 Å². The summed E-state index contributed by atoms with van der Waals surface area (Å²) in [5, 5.41) is 7.80. The highest BCUT2D eigenvalue weighted by Gasteiger charge is 2.16. The van der Waals surface area contributed by atoms with E-state index >= 15 is 0 Å². The molecule has 0 saturated carbocycles. The normalized spacial score (nSPS) is 10.9. The molecular formula is C17H20N2O6S. The molecule has 0 radical (unpaired) electrons. The van der Waals surface area contributed by atoms with Crippen LogP contribution in [0, 0.1) is 0 Å². The molecule has 9 heteroatoms. The highest BCUT2D eigenvalue weighted by molar-refractivity contribution is 7.89. The first-order valence-corrected chi connectivity index (χ1v) is 9.04. The third-order valence-corrected chi connectivity index (χ3v) is 4.50. The first-order chi connectivity index (χ1) is 12.3. The van der Waals surface area contributed by atoms with Gasteiger partial charge in [0.25, 0.3) is 0 Å². The van der Waals surface area contributed by atoms with Crippen LogP contribution in [0.15, 0.2) is 41.3 Å². The molecule has 0 aliphatic rings. The molecule has 0 bridgehead atoms. The minimum absolute atomic E-state index is 0.0666. The van der Waals surface area contributed by atoms with Crippen molar-refractivity contribution in [2.45, 2.75) is 11.3 Å². The van der Waals surface area contributed by atoms with Crippen molar-refractivity contribution < 1.29 is 27.4 Å². The van der Waals surface area contributed by atoms with Gasteiger partial charge in [-0.1, -0.05) is 6.07 Å². The van der Waals surface area contributed by atoms with Crippen LogP contribution in [-0.2, 0) is 21.2 Å². The summed E-state index contributed by atoms with van der Waals surface area (Å²) >= 11 is 0. The quantitative estimate of drug-likeness (QED) is 0.752. The molecule has 0 heterocycles. The molecular weight excluding hydrogens is 360 g/mol. The standard InChI is InChI=1S/C17H20N2O6S/c1-23-13-6-4-11(8-15(13)25-3)9-17(20)19-12-5-7-14(24-2)16(10-12)26(18,21)22/h4-8,10H,9H2,1-3H3,(H,19,20)(H2,18,21,22). The lowest BCUT2D eigenvalue weighted by Crippen LogP contribution is -2.17. The monoisotopic (exact) mass is 380 g/mol. The minimum atomic E-state index is -3.99. The van der Waals surface area contributed by atoms with Crippen LogP contribution in [0.3, 0.4) is 0 Å². The lowest BCUT2D eigenvalue weighted by molar-refractivity contribution is -0.115. The second-order valence-corrected chi connectivity index (χ2v) is 6.85. The number of amides is 1. The maximum Gasteiger partial charge on any atom is 0.241 e. The smallest absolute Gasteiger partial charge is 0.241 e. The Morgan fingerprint density at radius 1 is 0.962 bits per heavy atom. The van der Waals surface area contributed by atoms with Crippen LogP contribution in [0.25, 0.3) is 0 Å². The number of benzene rings is 2. The van der Waals surface area contributed by atoms with Gasteiger partial charge in [0.1, 0.15) is 10.6 Å². The maximum atomic E-state index is 12.3. The fourth-order valence-electron chi connectivity index (χ4n) is 2.36. The van der Waals surface area contributed by atoms with Crippen LogP contribution in [0.5, 0.6) is 17.2 Å². The Kier molecular flexibility index (Phi) is 6.06. The van der Waals surface area contributed by atoms with E-state index in [0.717, 1.165) is 0 Å². The number of methoxy groups -OCH3 is 3. The molecule has 0 saturated heterocycles. The number of primary sulfonamides is 1. The third-order valence-electron chi connectivity index (χ3n) is 3.57. The van der Waals surface area contributed by atoms with Crippen LogP contribution in [0.1, 0.15) is 5.56 Å². The number of sulfonamides is 1. The highest BCUT2D eigenvalue weighted by Crippen LogP contribution is 2.28. The molecule has 0 aliphatic heterocycles. The molecule has 2 aromatic rings. The number of anilines is 1. The summed E-state index contributed by atoms with van der Waals surface area (Å²) < 4.78 is 38.6. The molecule has 0 unspecified atom stereocenters. The van der Waals surface area contributed by atoms with E-state index in [-0.39, 0.29) is 23.0 Å². The van der Waals surface area contributed by atoms with Crippen LogP contribution in [0.4, 0.5) is 5.69 Å². The maximum absolute atomic E-state index is 12.3. The average Bonchev–Trinajstić information content (AvgIpc) is 2.60. The fraction of sp³-hybridized carbons (Fsp3) is 0.235. The summed E-state index contributed by atoms with van der Waals surface area (Å²) in [6.45, 7) is 0. The van der Waals surface area contributed by atoms with E-state index < -0.39 is 10.0 Å². The van der Waals surface area contributed by atoms with Crippen LogP contribution >= 0.6 is 0 Å². The second kappa shape index (κ2) is 8.07. The Balaban J connectivity index is 2.18. The Morgan fingerprint density at radius 3 is 2.15 bits per heavy atom. The molecule has 3 N–H and O–H groups in total. The van der Waals surface area contributed by atoms with Crippen molar-refractivity contribution in [2.75, 3.05) is 26.6 Å². The van der Waals surface area contributed by atoms with Gasteiger partial charge in [0.15, 0.2) is 11.5 Å². The molecule has 0 atom stereocenters. The number of rotatable bonds is 7. The van der Waals surface area contributed by atoms with E-state index in [1.54, 1.807) is 18.2 Å². The molecule has 8 nitrogen and oxygen atoms in total. The number of nitrogens with one attached hydrogen (secondary N) is 1. The summed E-state index contributed by atoms with van der Waals surface area (Å²) in [6.07, 6.45) is 0.0666. The van der Waals surface area contributed by atoms with E-state index in [4.69, 9.17) is 19.3 Å². The molecule has 1 amide bonds. The zero-order valence-electron chi connectivity index (χ0n) is 14.6. The predicted molar refractivity (Wildman–Crippen MR) is 96.2 cm³/mol. The van der Waals surface area contributed by atoms with E-state index in [1.807, 2.05) is 0 Å². The molecule has 26 heavy (non-hydrogen) atoms. The Labute approximate surface area is 151 Å². The van der Waals surface area contributed by atoms with Crippen molar-refractivity contribution in [1.82, 2.24) is 0 Å². The van der Waals surface area contributed by atoms with Gasteiger partial charge in [-0.2, -0.15) is 0 Å². The molecule has 0 aromatic heterocycles. The number of nitrogens with two attached hydrogens (primary N) is 1. The van der Waals surface area contributed by atoms with Gasteiger partial charge in [0, 0.05) is 5.69 Å². The highest BCUT2D eigenvalue weighted by atomic mass is 32.2. The third kappa shape index (κ3) is 4.64. The molecule has 140 valence electrons. The lowest BCUT2D eigenvalue weighted by atomic mass is 10.1. The molecule has 0 fully saturated rings. The number of hydrogen-bond acceptors (Lipinski definition) is 6. The first-order valence-electron chi connectivity index (χ1n) is 7.50. The molecule has 0 spiro atoms. The number of ether oxygens (including phenoxy) is 3. The Morgan fingerprint density at radius 2 is 1.58 bits per heavy atom. The van der Waals surface area contributed by atoms with Gasteiger partial charge in [-0.25, -0.2) is 13.6 Å². The lowest BCUT2D eigenvalue weighted by Gasteiger charge is -2.11. The Bertz CT molecular complexity index is 911. The van der Waals surface area contributed by atoms with Gasteiger partial charge in [-0.3, -0.25) is 4.79 Å². The fourth-order valence-corrected chi connectivity index (χ4v) is 3.08. The minimum Gasteiger partial charge on any atom is -0.495 e. The number of carbonyl (C=O) groups is 1. The predicted octanol–water partition coefficient (Wildman–Crippen LogP) is 1.54. The van der Waals surface area contributed by atoms with Crippen molar-refractivity contribution in [1.29, 1.82) is 0 Å². The zero-order chi connectivity index (χ0) is 19.3. The van der Waals surface area contributed by atoms with Crippen molar-refractivity contribution >= 4 is 21.6 Å². The average molecular weight is 380 g/mol. The van der Waals surface area contributed by atoms with Crippen LogP contribution in [0.2, 0.25) is 0 Å². The van der Waals surface area contributed by atoms with Crippen molar-refractivity contribution in [2.24, 2.45) is 5.14 Å². The molecule has 0 aliphatic carbocycles. The van der Waals surface area contributed by atoms with Gasteiger partial charge >= 0.3 is 0 Å². The van der Waals surface area contributed by atoms with Crippen LogP contribution in [-0.4, -0.2) is 35.7 Å².